The van der Waals surface area contributed by atoms with E-state index in [-0.39, 0.29) is 5.75 Å². The highest BCUT2D eigenvalue weighted by molar-refractivity contribution is 5.43. The monoisotopic (exact) mass is 364 g/mol. The number of benzene rings is 1. The van der Waals surface area contributed by atoms with Crippen LogP contribution >= 0.6 is 0 Å². The van der Waals surface area contributed by atoms with Gasteiger partial charge in [0.25, 0.3) is 0 Å². The molecule has 1 atom stereocenters. The van der Waals surface area contributed by atoms with Gasteiger partial charge in [0.2, 0.25) is 0 Å². The first kappa shape index (κ1) is 18.3. The molecular formula is C18H22F2N4O2. The van der Waals surface area contributed by atoms with Crippen molar-refractivity contribution in [1.29, 1.82) is 0 Å². The molecule has 0 amide bonds. The molecule has 0 aliphatic carbocycles. The van der Waals surface area contributed by atoms with Gasteiger partial charge in [0, 0.05) is 31.9 Å². The second-order valence-electron chi connectivity index (χ2n) is 6.11. The van der Waals surface area contributed by atoms with E-state index < -0.39 is 6.61 Å². The fourth-order valence-corrected chi connectivity index (χ4v) is 3.09. The largest absolute Gasteiger partial charge is 0.493 e. The number of rotatable bonds is 7. The fourth-order valence-electron chi connectivity index (χ4n) is 3.09. The van der Waals surface area contributed by atoms with Crippen molar-refractivity contribution in [3.05, 3.63) is 42.1 Å². The van der Waals surface area contributed by atoms with Gasteiger partial charge in [-0.1, -0.05) is 6.07 Å². The lowest BCUT2D eigenvalue weighted by Gasteiger charge is -2.33. The third-order valence-electron chi connectivity index (χ3n) is 4.34. The summed E-state index contributed by atoms with van der Waals surface area (Å²) in [6, 6.07) is 9.14. The van der Waals surface area contributed by atoms with Gasteiger partial charge in [0.05, 0.1) is 7.11 Å². The Balaban J connectivity index is 1.58. The van der Waals surface area contributed by atoms with Crippen molar-refractivity contribution in [1.82, 2.24) is 15.5 Å². The molecule has 0 spiro atoms. The Labute approximate surface area is 151 Å². The number of hydrogen-bond acceptors (Lipinski definition) is 6. The van der Waals surface area contributed by atoms with Crippen LogP contribution in [0.25, 0.3) is 0 Å². The Morgan fingerprint density at radius 3 is 2.92 bits per heavy atom. The topological polar surface area (TPSA) is 59.5 Å². The van der Waals surface area contributed by atoms with Crippen LogP contribution in [0.2, 0.25) is 0 Å². The van der Waals surface area contributed by atoms with Crippen molar-refractivity contribution in [3.63, 3.8) is 0 Å². The normalized spacial score (nSPS) is 17.4. The molecule has 1 aliphatic heterocycles. The number of halogens is 2. The van der Waals surface area contributed by atoms with E-state index in [0.29, 0.717) is 18.3 Å². The standard InChI is InChI=1S/C18H22F2N4O2/c1-25-16-10-13(6-7-15(16)26-18(19)20)11-21-14-4-3-9-24(12-14)17-5-2-8-22-23-17/h2,5-8,10,14,18,21H,3-4,9,11-12H2,1H3. The molecule has 0 radical (unpaired) electrons. The predicted molar refractivity (Wildman–Crippen MR) is 93.7 cm³/mol. The molecule has 1 aromatic carbocycles. The molecule has 3 rings (SSSR count). The molecule has 1 fully saturated rings. The van der Waals surface area contributed by atoms with E-state index in [1.165, 1.54) is 13.2 Å². The number of methoxy groups -OCH3 is 1. The number of piperidine rings is 1. The Bertz CT molecular complexity index is 703. The molecule has 1 unspecified atom stereocenters. The Morgan fingerprint density at radius 1 is 1.31 bits per heavy atom. The molecule has 1 saturated heterocycles. The van der Waals surface area contributed by atoms with Crippen LogP contribution in [0.4, 0.5) is 14.6 Å². The van der Waals surface area contributed by atoms with Crippen molar-refractivity contribution in [2.24, 2.45) is 0 Å². The summed E-state index contributed by atoms with van der Waals surface area (Å²) in [6.45, 7) is -0.445. The van der Waals surface area contributed by atoms with Crippen molar-refractivity contribution < 1.29 is 18.3 Å². The minimum atomic E-state index is -2.87. The maximum Gasteiger partial charge on any atom is 0.387 e. The number of nitrogens with one attached hydrogen (secondary N) is 1. The van der Waals surface area contributed by atoms with E-state index in [4.69, 9.17) is 4.74 Å². The smallest absolute Gasteiger partial charge is 0.387 e. The van der Waals surface area contributed by atoms with Gasteiger partial charge in [0.1, 0.15) is 0 Å². The number of ether oxygens (including phenoxy) is 2. The molecule has 2 heterocycles. The summed E-state index contributed by atoms with van der Waals surface area (Å²) in [7, 11) is 1.44. The van der Waals surface area contributed by atoms with E-state index in [0.717, 1.165) is 37.3 Å². The van der Waals surface area contributed by atoms with E-state index >= 15 is 0 Å². The van der Waals surface area contributed by atoms with Crippen LogP contribution in [-0.2, 0) is 6.54 Å². The second kappa shape index (κ2) is 8.75. The van der Waals surface area contributed by atoms with Crippen LogP contribution in [-0.4, -0.2) is 43.1 Å². The predicted octanol–water partition coefficient (Wildman–Crippen LogP) is 2.85. The molecule has 1 aliphatic rings. The molecule has 6 nitrogen and oxygen atoms in total. The molecule has 1 N–H and O–H groups in total. The van der Waals surface area contributed by atoms with Crippen LogP contribution in [0.15, 0.2) is 36.5 Å². The second-order valence-corrected chi connectivity index (χ2v) is 6.11. The summed E-state index contributed by atoms with van der Waals surface area (Å²) >= 11 is 0. The highest BCUT2D eigenvalue weighted by Crippen LogP contribution is 2.29. The van der Waals surface area contributed by atoms with Crippen LogP contribution in [0, 0.1) is 0 Å². The number of aromatic nitrogens is 2. The Morgan fingerprint density at radius 2 is 2.19 bits per heavy atom. The van der Waals surface area contributed by atoms with Crippen molar-refractivity contribution in [2.45, 2.75) is 32.0 Å². The molecular weight excluding hydrogens is 342 g/mol. The summed E-state index contributed by atoms with van der Waals surface area (Å²) in [6.07, 6.45) is 3.80. The van der Waals surface area contributed by atoms with Gasteiger partial charge in [-0.05, 0) is 42.7 Å². The van der Waals surface area contributed by atoms with E-state index in [2.05, 4.69) is 25.2 Å². The van der Waals surface area contributed by atoms with Gasteiger partial charge in [-0.2, -0.15) is 13.9 Å². The molecule has 8 heteroatoms. The van der Waals surface area contributed by atoms with Crippen LogP contribution in [0.1, 0.15) is 18.4 Å². The van der Waals surface area contributed by atoms with Gasteiger partial charge in [0.15, 0.2) is 17.3 Å². The lowest BCUT2D eigenvalue weighted by atomic mass is 10.1. The van der Waals surface area contributed by atoms with Gasteiger partial charge < -0.3 is 19.7 Å². The van der Waals surface area contributed by atoms with E-state index in [9.17, 15) is 8.78 Å². The first-order valence-electron chi connectivity index (χ1n) is 8.53. The highest BCUT2D eigenvalue weighted by Gasteiger charge is 2.21. The van der Waals surface area contributed by atoms with Gasteiger partial charge in [-0.15, -0.1) is 5.10 Å². The number of nitrogens with zero attached hydrogens (tertiary/aromatic N) is 3. The van der Waals surface area contributed by atoms with Gasteiger partial charge in [-0.3, -0.25) is 0 Å². The van der Waals surface area contributed by atoms with E-state index in [1.807, 2.05) is 12.1 Å². The third-order valence-corrected chi connectivity index (χ3v) is 4.34. The quantitative estimate of drug-likeness (QED) is 0.815. The first-order valence-corrected chi connectivity index (χ1v) is 8.53. The molecule has 26 heavy (non-hydrogen) atoms. The zero-order valence-electron chi connectivity index (χ0n) is 14.6. The molecule has 140 valence electrons. The number of alkyl halides is 2. The average Bonchev–Trinajstić information content (AvgIpc) is 2.67. The van der Waals surface area contributed by atoms with Crippen molar-refractivity contribution in [3.8, 4) is 11.5 Å². The molecule has 2 aromatic rings. The third kappa shape index (κ3) is 4.78. The summed E-state index contributed by atoms with van der Waals surface area (Å²) in [5.74, 6) is 1.22. The first-order chi connectivity index (χ1) is 12.7. The SMILES string of the molecule is COc1cc(CNC2CCCN(c3cccnn3)C2)ccc1OC(F)F. The molecule has 0 saturated carbocycles. The minimum Gasteiger partial charge on any atom is -0.493 e. The van der Waals surface area contributed by atoms with Crippen LogP contribution < -0.4 is 19.7 Å². The Kier molecular flexibility index (Phi) is 6.17. The maximum absolute atomic E-state index is 12.4. The minimum absolute atomic E-state index is 0.0396. The maximum atomic E-state index is 12.4. The van der Waals surface area contributed by atoms with Gasteiger partial charge >= 0.3 is 6.61 Å². The molecule has 0 bridgehead atoms. The fraction of sp³-hybridized carbons (Fsp3) is 0.444. The lowest BCUT2D eigenvalue weighted by molar-refractivity contribution is -0.0512. The summed E-state index contributed by atoms with van der Waals surface area (Å²) in [4.78, 5) is 2.22. The summed E-state index contributed by atoms with van der Waals surface area (Å²) in [5, 5.41) is 11.6. The van der Waals surface area contributed by atoms with Crippen LogP contribution in [0.5, 0.6) is 11.5 Å². The lowest BCUT2D eigenvalue weighted by Crippen LogP contribution is -2.45. The molecule has 1 aromatic heterocycles. The zero-order valence-corrected chi connectivity index (χ0v) is 14.6. The summed E-state index contributed by atoms with van der Waals surface area (Å²) in [5.41, 5.74) is 0.945. The van der Waals surface area contributed by atoms with Crippen molar-refractivity contribution in [2.75, 3.05) is 25.1 Å². The Hall–Kier alpha value is -2.48. The number of anilines is 1. The average molecular weight is 364 g/mol. The van der Waals surface area contributed by atoms with E-state index in [1.54, 1.807) is 18.3 Å². The van der Waals surface area contributed by atoms with Crippen LogP contribution in [0.3, 0.4) is 0 Å². The summed E-state index contributed by atoms with van der Waals surface area (Å²) < 4.78 is 34.4. The zero-order chi connectivity index (χ0) is 18.4. The van der Waals surface area contributed by atoms with Crippen molar-refractivity contribution >= 4 is 5.82 Å². The highest BCUT2D eigenvalue weighted by atomic mass is 19.3. The van der Waals surface area contributed by atoms with Gasteiger partial charge in [-0.25, -0.2) is 0 Å². The number of hydrogen-bond donors (Lipinski definition) is 1.